The molecule has 4 heteroatoms. The van der Waals surface area contributed by atoms with Crippen LogP contribution in [0.15, 0.2) is 0 Å². The molecule has 1 spiro atoms. The van der Waals surface area contributed by atoms with Crippen molar-refractivity contribution < 1.29 is 0 Å². The molecule has 0 radical (unpaired) electrons. The fraction of sp³-hybridized carbons (Fsp3) is 1.00. The van der Waals surface area contributed by atoms with Crippen molar-refractivity contribution in [2.24, 2.45) is 5.41 Å². The zero-order valence-corrected chi connectivity index (χ0v) is 10.8. The van der Waals surface area contributed by atoms with Crippen LogP contribution in [0.2, 0.25) is 0 Å². The van der Waals surface area contributed by atoms with Crippen LogP contribution in [-0.2, 0) is 0 Å². The predicted molar refractivity (Wildman–Crippen MR) is 68.2 cm³/mol. The number of piperidine rings is 1. The summed E-state index contributed by atoms with van der Waals surface area (Å²) in [5.41, 5.74) is 0.733. The summed E-state index contributed by atoms with van der Waals surface area (Å²) in [6.45, 7) is 5.30. The van der Waals surface area contributed by atoms with Crippen molar-refractivity contribution in [1.29, 1.82) is 0 Å². The average molecular weight is 253 g/mol. The van der Waals surface area contributed by atoms with E-state index in [2.05, 4.69) is 10.2 Å². The Morgan fingerprint density at radius 1 is 1.00 bits per heavy atom. The molecular weight excluding hydrogens is 231 g/mol. The Bertz CT molecular complexity index is 201. The number of hydrogen-bond acceptors (Lipinski definition) is 2. The Balaban J connectivity index is 0.000000562. The van der Waals surface area contributed by atoms with Gasteiger partial charge in [0.25, 0.3) is 0 Å². The molecule has 0 aromatic heterocycles. The summed E-state index contributed by atoms with van der Waals surface area (Å²) in [5.74, 6) is 0. The summed E-state index contributed by atoms with van der Waals surface area (Å²) in [6.07, 6.45) is 7.31. The highest BCUT2D eigenvalue weighted by Gasteiger charge is 2.53. The van der Waals surface area contributed by atoms with Gasteiger partial charge in [0.1, 0.15) is 0 Å². The zero-order valence-electron chi connectivity index (χ0n) is 9.21. The normalized spacial score (nSPS) is 33.2. The molecule has 2 heterocycles. The number of rotatable bonds is 1. The lowest BCUT2D eigenvalue weighted by atomic mass is 9.97. The van der Waals surface area contributed by atoms with Crippen LogP contribution >= 0.6 is 24.8 Å². The van der Waals surface area contributed by atoms with E-state index in [4.69, 9.17) is 0 Å². The SMILES string of the molecule is C1CCN(C2CNCC23CC3)CC1.Cl.Cl. The molecule has 90 valence electrons. The van der Waals surface area contributed by atoms with Crippen molar-refractivity contribution in [2.45, 2.75) is 38.1 Å². The molecule has 1 saturated carbocycles. The van der Waals surface area contributed by atoms with E-state index in [1.807, 2.05) is 0 Å². The molecule has 2 aliphatic heterocycles. The van der Waals surface area contributed by atoms with Gasteiger partial charge in [-0.1, -0.05) is 6.42 Å². The first-order valence-corrected chi connectivity index (χ1v) is 5.86. The topological polar surface area (TPSA) is 15.3 Å². The van der Waals surface area contributed by atoms with E-state index in [-0.39, 0.29) is 24.8 Å². The predicted octanol–water partition coefficient (Wildman–Crippen LogP) is 2.07. The molecule has 15 heavy (non-hydrogen) atoms. The fourth-order valence-corrected chi connectivity index (χ4v) is 3.21. The van der Waals surface area contributed by atoms with E-state index in [1.165, 1.54) is 58.3 Å². The summed E-state index contributed by atoms with van der Waals surface area (Å²) < 4.78 is 0. The first-order chi connectivity index (χ1) is 6.41. The van der Waals surface area contributed by atoms with E-state index in [9.17, 15) is 0 Å². The Hall–Kier alpha value is 0.500. The van der Waals surface area contributed by atoms with Crippen LogP contribution in [0.3, 0.4) is 0 Å². The molecule has 3 fully saturated rings. The van der Waals surface area contributed by atoms with Crippen molar-refractivity contribution >= 4 is 24.8 Å². The first-order valence-electron chi connectivity index (χ1n) is 5.86. The van der Waals surface area contributed by atoms with E-state index < -0.39 is 0 Å². The van der Waals surface area contributed by atoms with E-state index in [0.29, 0.717) is 0 Å². The van der Waals surface area contributed by atoms with Crippen LogP contribution in [0.5, 0.6) is 0 Å². The molecule has 0 bridgehead atoms. The second kappa shape index (κ2) is 5.22. The maximum atomic E-state index is 3.58. The molecule has 2 saturated heterocycles. The number of halogens is 2. The van der Waals surface area contributed by atoms with Crippen molar-refractivity contribution in [3.05, 3.63) is 0 Å². The van der Waals surface area contributed by atoms with Crippen molar-refractivity contribution in [3.63, 3.8) is 0 Å². The summed E-state index contributed by atoms with van der Waals surface area (Å²) in [4.78, 5) is 2.76. The van der Waals surface area contributed by atoms with E-state index in [0.717, 1.165) is 11.5 Å². The van der Waals surface area contributed by atoms with E-state index >= 15 is 0 Å². The number of nitrogens with one attached hydrogen (secondary N) is 1. The molecule has 0 aromatic carbocycles. The van der Waals surface area contributed by atoms with Gasteiger partial charge in [-0.25, -0.2) is 0 Å². The van der Waals surface area contributed by atoms with Gasteiger partial charge in [0.05, 0.1) is 0 Å². The van der Waals surface area contributed by atoms with Crippen molar-refractivity contribution in [2.75, 3.05) is 26.2 Å². The molecule has 1 unspecified atom stereocenters. The molecule has 3 rings (SSSR count). The average Bonchev–Trinajstić information content (AvgIpc) is 2.80. The Morgan fingerprint density at radius 3 is 2.27 bits per heavy atom. The van der Waals surface area contributed by atoms with Gasteiger partial charge in [0, 0.05) is 19.1 Å². The Kier molecular flexibility index (Phi) is 4.72. The van der Waals surface area contributed by atoms with Crippen LogP contribution < -0.4 is 5.32 Å². The summed E-state index contributed by atoms with van der Waals surface area (Å²) in [7, 11) is 0. The van der Waals surface area contributed by atoms with Crippen LogP contribution in [0.1, 0.15) is 32.1 Å². The highest BCUT2D eigenvalue weighted by molar-refractivity contribution is 5.85. The molecule has 1 N–H and O–H groups in total. The van der Waals surface area contributed by atoms with Crippen molar-refractivity contribution in [3.8, 4) is 0 Å². The minimum absolute atomic E-state index is 0. The maximum Gasteiger partial charge on any atom is 0.0289 e. The maximum absolute atomic E-state index is 3.58. The molecule has 0 amide bonds. The summed E-state index contributed by atoms with van der Waals surface area (Å²) in [5, 5.41) is 3.58. The second-order valence-electron chi connectivity index (χ2n) is 5.11. The monoisotopic (exact) mass is 252 g/mol. The second-order valence-corrected chi connectivity index (χ2v) is 5.11. The van der Waals surface area contributed by atoms with Gasteiger partial charge < -0.3 is 5.32 Å². The van der Waals surface area contributed by atoms with Crippen LogP contribution in [0.4, 0.5) is 0 Å². The van der Waals surface area contributed by atoms with Gasteiger partial charge in [-0.3, -0.25) is 4.90 Å². The number of likely N-dealkylation sites (tertiary alicyclic amines) is 1. The third-order valence-electron chi connectivity index (χ3n) is 4.25. The lowest BCUT2D eigenvalue weighted by Gasteiger charge is -2.35. The van der Waals surface area contributed by atoms with Crippen LogP contribution in [0, 0.1) is 5.41 Å². The third kappa shape index (κ3) is 2.44. The smallest absolute Gasteiger partial charge is 0.0289 e. The fourth-order valence-electron chi connectivity index (χ4n) is 3.21. The Labute approximate surface area is 105 Å². The van der Waals surface area contributed by atoms with Gasteiger partial charge >= 0.3 is 0 Å². The lowest BCUT2D eigenvalue weighted by Crippen LogP contribution is -2.44. The van der Waals surface area contributed by atoms with Gasteiger partial charge in [-0.05, 0) is 44.2 Å². The highest BCUT2D eigenvalue weighted by atomic mass is 35.5. The van der Waals surface area contributed by atoms with Gasteiger partial charge in [0.2, 0.25) is 0 Å². The van der Waals surface area contributed by atoms with Crippen LogP contribution in [0.25, 0.3) is 0 Å². The van der Waals surface area contributed by atoms with Gasteiger partial charge in [0.15, 0.2) is 0 Å². The number of hydrogen-bond donors (Lipinski definition) is 1. The lowest BCUT2D eigenvalue weighted by molar-refractivity contribution is 0.134. The minimum Gasteiger partial charge on any atom is -0.315 e. The summed E-state index contributed by atoms with van der Waals surface area (Å²) >= 11 is 0. The Morgan fingerprint density at radius 2 is 1.67 bits per heavy atom. The minimum atomic E-state index is 0. The zero-order chi connectivity index (χ0) is 8.73. The van der Waals surface area contributed by atoms with E-state index in [1.54, 1.807) is 0 Å². The quantitative estimate of drug-likeness (QED) is 0.769. The summed E-state index contributed by atoms with van der Waals surface area (Å²) in [6, 6.07) is 0.896. The molecule has 0 aromatic rings. The van der Waals surface area contributed by atoms with Crippen molar-refractivity contribution in [1.82, 2.24) is 10.2 Å². The van der Waals surface area contributed by atoms with Gasteiger partial charge in [-0.2, -0.15) is 0 Å². The molecule has 1 aliphatic carbocycles. The molecule has 1 atom stereocenters. The largest absolute Gasteiger partial charge is 0.315 e. The molecule has 2 nitrogen and oxygen atoms in total. The van der Waals surface area contributed by atoms with Crippen LogP contribution in [-0.4, -0.2) is 37.1 Å². The third-order valence-corrected chi connectivity index (χ3v) is 4.25. The number of nitrogens with zero attached hydrogens (tertiary/aromatic N) is 1. The highest BCUT2D eigenvalue weighted by Crippen LogP contribution is 2.52. The first kappa shape index (κ1) is 13.6. The van der Waals surface area contributed by atoms with Gasteiger partial charge in [-0.15, -0.1) is 24.8 Å². The molecular formula is C11H22Cl2N2. The standard InChI is InChI=1S/C11H20N2.2ClH/c1-2-6-13(7-3-1)10-8-12-9-11(10)4-5-11;;/h10,12H,1-9H2;2*1H. The molecule has 3 aliphatic rings.